The van der Waals surface area contributed by atoms with Gasteiger partial charge in [0.2, 0.25) is 0 Å². The van der Waals surface area contributed by atoms with Crippen LogP contribution in [0.4, 0.5) is 0 Å². The molecule has 3 nitrogen and oxygen atoms in total. The number of amides is 1. The van der Waals surface area contributed by atoms with Crippen LogP contribution < -0.4 is 5.43 Å². The summed E-state index contributed by atoms with van der Waals surface area (Å²) in [5, 5.41) is 4.40. The summed E-state index contributed by atoms with van der Waals surface area (Å²) in [4.78, 5) is 12.2. The van der Waals surface area contributed by atoms with Crippen LogP contribution in [0.25, 0.3) is 0 Å². The fourth-order valence-corrected chi connectivity index (χ4v) is 2.77. The molecule has 0 spiro atoms. The van der Waals surface area contributed by atoms with Crippen LogP contribution >= 0.6 is 0 Å². The van der Waals surface area contributed by atoms with E-state index in [4.69, 9.17) is 0 Å². The molecule has 3 rings (SSSR count). The number of nitrogens with one attached hydrogen (secondary N) is 1. The lowest BCUT2D eigenvalue weighted by atomic mass is 10.0. The van der Waals surface area contributed by atoms with Crippen molar-refractivity contribution in [2.24, 2.45) is 5.10 Å². The number of carbonyl (C=O) groups excluding carboxylic acids is 1. The molecule has 0 saturated carbocycles. The lowest BCUT2D eigenvalue weighted by Gasteiger charge is -2.08. The van der Waals surface area contributed by atoms with Crippen molar-refractivity contribution in [2.75, 3.05) is 0 Å². The molecule has 2 aromatic rings. The van der Waals surface area contributed by atoms with Gasteiger partial charge >= 0.3 is 0 Å². The number of rotatable bonds is 2. The topological polar surface area (TPSA) is 41.5 Å². The van der Waals surface area contributed by atoms with Crippen molar-refractivity contribution in [2.45, 2.75) is 32.6 Å². The predicted octanol–water partition coefficient (Wildman–Crippen LogP) is 3.86. The second-order valence-corrected chi connectivity index (χ2v) is 5.73. The predicted molar refractivity (Wildman–Crippen MR) is 89.2 cm³/mol. The van der Waals surface area contributed by atoms with Crippen molar-refractivity contribution in [3.05, 3.63) is 70.8 Å². The number of carbonyl (C=O) groups is 1. The minimum Gasteiger partial charge on any atom is -0.267 e. The molecule has 1 aliphatic rings. The van der Waals surface area contributed by atoms with Gasteiger partial charge in [-0.1, -0.05) is 42.0 Å². The number of benzene rings is 2. The van der Waals surface area contributed by atoms with Gasteiger partial charge in [-0.05, 0) is 50.3 Å². The molecule has 0 aromatic heterocycles. The molecule has 0 saturated heterocycles. The Balaban J connectivity index is 1.80. The summed E-state index contributed by atoms with van der Waals surface area (Å²) in [7, 11) is 0. The zero-order valence-electron chi connectivity index (χ0n) is 12.8. The van der Waals surface area contributed by atoms with Crippen molar-refractivity contribution in [3.63, 3.8) is 0 Å². The van der Waals surface area contributed by atoms with Crippen molar-refractivity contribution < 1.29 is 4.79 Å². The van der Waals surface area contributed by atoms with E-state index in [9.17, 15) is 4.79 Å². The van der Waals surface area contributed by atoms with E-state index in [0.717, 1.165) is 30.5 Å². The summed E-state index contributed by atoms with van der Waals surface area (Å²) in [6, 6.07) is 15.9. The zero-order chi connectivity index (χ0) is 15.4. The van der Waals surface area contributed by atoms with Crippen LogP contribution in [0.15, 0.2) is 53.6 Å². The molecule has 0 atom stereocenters. The smallest absolute Gasteiger partial charge is 0.267 e. The molecule has 0 heterocycles. The van der Waals surface area contributed by atoms with E-state index in [1.807, 2.05) is 37.3 Å². The van der Waals surface area contributed by atoms with Gasteiger partial charge in [0, 0.05) is 11.1 Å². The standard InChI is InChI=1S/C19H20N2O/c1-14-10-12-16(13-11-14)19(22)21-20-18-9-5-3-7-15-6-2-4-8-17(15)18/h2,4,6,8,10-13H,3,5,7,9H2,1H3,(H,21,22)/b20-18+. The van der Waals surface area contributed by atoms with Gasteiger partial charge < -0.3 is 0 Å². The maximum atomic E-state index is 12.2. The van der Waals surface area contributed by atoms with E-state index in [-0.39, 0.29) is 5.91 Å². The van der Waals surface area contributed by atoms with E-state index in [1.165, 1.54) is 17.5 Å². The average Bonchev–Trinajstić information content (AvgIpc) is 2.75. The molecule has 0 fully saturated rings. The minimum atomic E-state index is -0.158. The molecule has 0 radical (unpaired) electrons. The SMILES string of the molecule is Cc1ccc(C(=O)N/N=C2\CCCCc3ccccc32)cc1. The molecule has 1 N–H and O–H groups in total. The van der Waals surface area contributed by atoms with Crippen molar-refractivity contribution >= 4 is 11.6 Å². The Morgan fingerprint density at radius 3 is 2.55 bits per heavy atom. The Bertz CT molecular complexity index is 702. The van der Waals surface area contributed by atoms with E-state index in [2.05, 4.69) is 28.7 Å². The monoisotopic (exact) mass is 292 g/mol. The van der Waals surface area contributed by atoms with Gasteiger partial charge in [0.25, 0.3) is 5.91 Å². The maximum Gasteiger partial charge on any atom is 0.271 e. The second kappa shape index (κ2) is 6.56. The molecule has 1 aliphatic carbocycles. The highest BCUT2D eigenvalue weighted by Gasteiger charge is 2.14. The van der Waals surface area contributed by atoms with Crippen LogP contribution in [0, 0.1) is 6.92 Å². The van der Waals surface area contributed by atoms with Gasteiger partial charge in [-0.25, -0.2) is 5.43 Å². The second-order valence-electron chi connectivity index (χ2n) is 5.73. The van der Waals surface area contributed by atoms with Crippen LogP contribution in [0.5, 0.6) is 0 Å². The van der Waals surface area contributed by atoms with Crippen LogP contribution in [0.3, 0.4) is 0 Å². The third kappa shape index (κ3) is 3.25. The first-order chi connectivity index (χ1) is 10.7. The van der Waals surface area contributed by atoms with Gasteiger partial charge in [-0.3, -0.25) is 4.79 Å². The number of fused-ring (bicyclic) bond motifs is 1. The van der Waals surface area contributed by atoms with Gasteiger partial charge in [-0.2, -0.15) is 5.10 Å². The Hall–Kier alpha value is -2.42. The van der Waals surface area contributed by atoms with Crippen LogP contribution in [0.2, 0.25) is 0 Å². The van der Waals surface area contributed by atoms with Crippen molar-refractivity contribution in [3.8, 4) is 0 Å². The number of hydrogen-bond acceptors (Lipinski definition) is 2. The maximum absolute atomic E-state index is 12.2. The molecule has 2 aromatic carbocycles. The van der Waals surface area contributed by atoms with Gasteiger partial charge in [0.1, 0.15) is 0 Å². The van der Waals surface area contributed by atoms with Crippen LogP contribution in [0.1, 0.15) is 46.3 Å². The third-order valence-corrected chi connectivity index (χ3v) is 4.04. The normalized spacial score (nSPS) is 16.0. The van der Waals surface area contributed by atoms with Crippen molar-refractivity contribution in [1.29, 1.82) is 0 Å². The number of hydrogen-bond donors (Lipinski definition) is 1. The minimum absolute atomic E-state index is 0.158. The molecule has 0 aliphatic heterocycles. The lowest BCUT2D eigenvalue weighted by Crippen LogP contribution is -2.20. The summed E-state index contributed by atoms with van der Waals surface area (Å²) in [6.07, 6.45) is 4.27. The molecule has 1 amide bonds. The Morgan fingerprint density at radius 1 is 1.00 bits per heavy atom. The highest BCUT2D eigenvalue weighted by atomic mass is 16.2. The van der Waals surface area contributed by atoms with Crippen LogP contribution in [-0.4, -0.2) is 11.6 Å². The quantitative estimate of drug-likeness (QED) is 0.663. The van der Waals surface area contributed by atoms with Gasteiger partial charge in [0.05, 0.1) is 5.71 Å². The van der Waals surface area contributed by atoms with Gasteiger partial charge in [0.15, 0.2) is 0 Å². The van der Waals surface area contributed by atoms with E-state index in [0.29, 0.717) is 5.56 Å². The molecule has 0 unspecified atom stereocenters. The fourth-order valence-electron chi connectivity index (χ4n) is 2.77. The van der Waals surface area contributed by atoms with E-state index in [1.54, 1.807) is 0 Å². The summed E-state index contributed by atoms with van der Waals surface area (Å²) < 4.78 is 0. The summed E-state index contributed by atoms with van der Waals surface area (Å²) in [5.74, 6) is -0.158. The Labute approximate surface area is 131 Å². The highest BCUT2D eigenvalue weighted by molar-refractivity contribution is 6.03. The highest BCUT2D eigenvalue weighted by Crippen LogP contribution is 2.20. The summed E-state index contributed by atoms with van der Waals surface area (Å²) >= 11 is 0. The van der Waals surface area contributed by atoms with E-state index < -0.39 is 0 Å². The van der Waals surface area contributed by atoms with Crippen molar-refractivity contribution in [1.82, 2.24) is 5.43 Å². The fraction of sp³-hybridized carbons (Fsp3) is 0.263. The molecular formula is C19H20N2O. The third-order valence-electron chi connectivity index (χ3n) is 4.04. The summed E-state index contributed by atoms with van der Waals surface area (Å²) in [5.41, 5.74) is 7.95. The first-order valence-electron chi connectivity index (χ1n) is 7.76. The molecule has 112 valence electrons. The molecule has 22 heavy (non-hydrogen) atoms. The molecule has 0 bridgehead atoms. The van der Waals surface area contributed by atoms with E-state index >= 15 is 0 Å². The largest absolute Gasteiger partial charge is 0.271 e. The lowest BCUT2D eigenvalue weighted by molar-refractivity contribution is 0.0955. The number of aryl methyl sites for hydroxylation is 2. The molecular weight excluding hydrogens is 272 g/mol. The Kier molecular flexibility index (Phi) is 4.33. The average molecular weight is 292 g/mol. The first kappa shape index (κ1) is 14.5. The first-order valence-corrected chi connectivity index (χ1v) is 7.76. The Morgan fingerprint density at radius 2 is 1.73 bits per heavy atom. The number of hydrazone groups is 1. The molecule has 3 heteroatoms. The summed E-state index contributed by atoms with van der Waals surface area (Å²) in [6.45, 7) is 2.00. The zero-order valence-corrected chi connectivity index (χ0v) is 12.8. The van der Waals surface area contributed by atoms with Gasteiger partial charge in [-0.15, -0.1) is 0 Å². The number of nitrogens with zero attached hydrogens (tertiary/aromatic N) is 1. The van der Waals surface area contributed by atoms with Crippen LogP contribution in [-0.2, 0) is 6.42 Å².